The molecule has 0 aliphatic rings. The molecular formula is C50H32N2O. The van der Waals surface area contributed by atoms with Crippen LogP contribution in [-0.2, 0) is 0 Å². The number of fused-ring (bicyclic) bond motifs is 9. The van der Waals surface area contributed by atoms with Crippen LogP contribution in [-0.4, -0.2) is 4.57 Å². The molecule has 11 rings (SSSR count). The number of para-hydroxylation sites is 3. The van der Waals surface area contributed by atoms with E-state index in [-0.39, 0.29) is 0 Å². The zero-order valence-electron chi connectivity index (χ0n) is 28.8. The van der Waals surface area contributed by atoms with E-state index in [1.165, 1.54) is 43.6 Å². The average molecular weight is 677 g/mol. The van der Waals surface area contributed by atoms with Crippen molar-refractivity contribution in [2.24, 2.45) is 0 Å². The molecule has 9 aromatic carbocycles. The number of furan rings is 1. The number of benzene rings is 9. The van der Waals surface area contributed by atoms with Crippen LogP contribution in [0.3, 0.4) is 0 Å². The van der Waals surface area contributed by atoms with Crippen LogP contribution in [0.25, 0.3) is 82.1 Å². The van der Waals surface area contributed by atoms with E-state index in [4.69, 9.17) is 4.42 Å². The summed E-state index contributed by atoms with van der Waals surface area (Å²) in [5.41, 5.74) is 10.7. The van der Waals surface area contributed by atoms with Crippen molar-refractivity contribution in [3.63, 3.8) is 0 Å². The molecular weight excluding hydrogens is 645 g/mol. The van der Waals surface area contributed by atoms with Gasteiger partial charge in [-0.3, -0.25) is 0 Å². The Balaban J connectivity index is 1.19. The Labute approximate surface area is 306 Å². The highest BCUT2D eigenvalue weighted by atomic mass is 16.3. The lowest BCUT2D eigenvalue weighted by Crippen LogP contribution is -2.10. The Bertz CT molecular complexity index is 3170. The minimum Gasteiger partial charge on any atom is -0.453 e. The van der Waals surface area contributed by atoms with Gasteiger partial charge in [0.2, 0.25) is 0 Å². The molecule has 0 atom stereocenters. The normalized spacial score (nSPS) is 11.8. The molecule has 0 aliphatic carbocycles. The predicted octanol–water partition coefficient (Wildman–Crippen LogP) is 14.1. The van der Waals surface area contributed by atoms with Crippen LogP contribution in [0.1, 0.15) is 0 Å². The number of rotatable bonds is 5. The molecule has 248 valence electrons. The zero-order chi connectivity index (χ0) is 34.9. The second-order valence-electron chi connectivity index (χ2n) is 13.7. The van der Waals surface area contributed by atoms with Crippen LogP contribution in [0.4, 0.5) is 17.1 Å². The summed E-state index contributed by atoms with van der Waals surface area (Å²) in [6.45, 7) is 0. The van der Waals surface area contributed by atoms with Gasteiger partial charge in [0.25, 0.3) is 0 Å². The number of hydrogen-bond donors (Lipinski definition) is 0. The van der Waals surface area contributed by atoms with Gasteiger partial charge in [-0.05, 0) is 87.9 Å². The van der Waals surface area contributed by atoms with Gasteiger partial charge in [-0.15, -0.1) is 0 Å². The summed E-state index contributed by atoms with van der Waals surface area (Å²) in [7, 11) is 0. The molecule has 2 aromatic heterocycles. The Kier molecular flexibility index (Phi) is 6.55. The zero-order valence-corrected chi connectivity index (χ0v) is 28.8. The number of nitrogens with zero attached hydrogens (tertiary/aromatic N) is 2. The SMILES string of the molecule is c1ccc(-n2c3ccccc3c3c(N(c4ccc(-c5ccc6ccccc6c5)cc4)c4cccc5c4oc4c6ccccc6ccc54)cccc32)cc1. The lowest BCUT2D eigenvalue weighted by atomic mass is 10.0. The van der Waals surface area contributed by atoms with Crippen molar-refractivity contribution < 1.29 is 4.42 Å². The van der Waals surface area contributed by atoms with Crippen LogP contribution in [0.2, 0.25) is 0 Å². The largest absolute Gasteiger partial charge is 0.453 e. The highest BCUT2D eigenvalue weighted by molar-refractivity contribution is 6.20. The van der Waals surface area contributed by atoms with Crippen LogP contribution >= 0.6 is 0 Å². The molecule has 53 heavy (non-hydrogen) atoms. The molecule has 0 spiro atoms. The average Bonchev–Trinajstić information content (AvgIpc) is 3.79. The maximum atomic E-state index is 6.98. The van der Waals surface area contributed by atoms with Crippen molar-refractivity contribution in [2.45, 2.75) is 0 Å². The van der Waals surface area contributed by atoms with Gasteiger partial charge < -0.3 is 13.9 Å². The molecule has 11 aromatic rings. The maximum Gasteiger partial charge on any atom is 0.159 e. The first kappa shape index (κ1) is 29.6. The monoisotopic (exact) mass is 676 g/mol. The lowest BCUT2D eigenvalue weighted by Gasteiger charge is -2.27. The van der Waals surface area contributed by atoms with Crippen LogP contribution in [0.5, 0.6) is 0 Å². The van der Waals surface area contributed by atoms with Crippen LogP contribution < -0.4 is 4.90 Å². The Hall–Kier alpha value is -7.10. The third-order valence-electron chi connectivity index (χ3n) is 10.7. The lowest BCUT2D eigenvalue weighted by molar-refractivity contribution is 0.673. The van der Waals surface area contributed by atoms with Crippen molar-refractivity contribution in [2.75, 3.05) is 4.90 Å². The summed E-state index contributed by atoms with van der Waals surface area (Å²) >= 11 is 0. The van der Waals surface area contributed by atoms with E-state index in [1.54, 1.807) is 0 Å². The maximum absolute atomic E-state index is 6.98. The third-order valence-corrected chi connectivity index (χ3v) is 10.7. The Morgan fingerprint density at radius 1 is 0.377 bits per heavy atom. The number of aromatic nitrogens is 1. The topological polar surface area (TPSA) is 21.3 Å². The van der Waals surface area contributed by atoms with Gasteiger partial charge in [0.1, 0.15) is 5.58 Å². The van der Waals surface area contributed by atoms with Gasteiger partial charge in [-0.1, -0.05) is 133 Å². The van der Waals surface area contributed by atoms with Crippen molar-refractivity contribution in [3.8, 4) is 16.8 Å². The summed E-state index contributed by atoms with van der Waals surface area (Å²) < 4.78 is 9.36. The number of hydrogen-bond acceptors (Lipinski definition) is 2. The van der Waals surface area contributed by atoms with Crippen molar-refractivity contribution >= 4 is 82.4 Å². The molecule has 0 saturated carbocycles. The standard InChI is InChI=1S/C50H32N2O/c1-2-15-38(16-3-1)51-44-20-9-8-18-43(44)48-45(51)21-11-22-46(48)52(39-29-26-34(27-30-39)37-25-24-33-12-4-5-14-36(33)32-37)47-23-10-19-41-42-31-28-35-13-6-7-17-40(35)49(42)53-50(41)47/h1-32H. The van der Waals surface area contributed by atoms with Crippen molar-refractivity contribution in [3.05, 3.63) is 194 Å². The van der Waals surface area contributed by atoms with Gasteiger partial charge in [0.05, 0.1) is 22.4 Å². The first-order valence-electron chi connectivity index (χ1n) is 18.1. The summed E-state index contributed by atoms with van der Waals surface area (Å²) in [5.74, 6) is 0. The summed E-state index contributed by atoms with van der Waals surface area (Å²) in [5, 5.41) is 9.36. The first-order chi connectivity index (χ1) is 26.3. The molecule has 0 N–H and O–H groups in total. The summed E-state index contributed by atoms with van der Waals surface area (Å²) in [6, 6.07) is 69.7. The van der Waals surface area contributed by atoms with E-state index < -0.39 is 0 Å². The van der Waals surface area contributed by atoms with E-state index in [0.717, 1.165) is 55.6 Å². The molecule has 0 unspecified atom stereocenters. The van der Waals surface area contributed by atoms with Crippen molar-refractivity contribution in [1.82, 2.24) is 4.57 Å². The fourth-order valence-corrected chi connectivity index (χ4v) is 8.31. The van der Waals surface area contributed by atoms with Crippen LogP contribution in [0, 0.1) is 0 Å². The van der Waals surface area contributed by atoms with Gasteiger partial charge in [0.15, 0.2) is 5.58 Å². The summed E-state index contributed by atoms with van der Waals surface area (Å²) in [4.78, 5) is 2.39. The van der Waals surface area contributed by atoms with E-state index in [9.17, 15) is 0 Å². The minimum atomic E-state index is 0.862. The van der Waals surface area contributed by atoms with E-state index in [2.05, 4.69) is 204 Å². The molecule has 0 saturated heterocycles. The van der Waals surface area contributed by atoms with Gasteiger partial charge in [0, 0.05) is 38.3 Å². The third kappa shape index (κ3) is 4.61. The quantitative estimate of drug-likeness (QED) is 0.181. The first-order valence-corrected chi connectivity index (χ1v) is 18.1. The highest BCUT2D eigenvalue weighted by Gasteiger charge is 2.24. The predicted molar refractivity (Wildman–Crippen MR) is 223 cm³/mol. The molecule has 3 heteroatoms. The van der Waals surface area contributed by atoms with E-state index in [0.29, 0.717) is 0 Å². The van der Waals surface area contributed by atoms with Crippen molar-refractivity contribution in [1.29, 1.82) is 0 Å². The fourth-order valence-electron chi connectivity index (χ4n) is 8.31. The van der Waals surface area contributed by atoms with E-state index >= 15 is 0 Å². The van der Waals surface area contributed by atoms with E-state index in [1.807, 2.05) is 0 Å². The smallest absolute Gasteiger partial charge is 0.159 e. The van der Waals surface area contributed by atoms with Gasteiger partial charge >= 0.3 is 0 Å². The molecule has 0 fully saturated rings. The number of anilines is 3. The minimum absolute atomic E-state index is 0.862. The molecule has 0 radical (unpaired) electrons. The molecule has 0 aliphatic heterocycles. The van der Waals surface area contributed by atoms with Crippen LogP contribution in [0.15, 0.2) is 199 Å². The molecule has 0 amide bonds. The molecule has 3 nitrogen and oxygen atoms in total. The second-order valence-corrected chi connectivity index (χ2v) is 13.7. The molecule has 2 heterocycles. The Morgan fingerprint density at radius 3 is 1.87 bits per heavy atom. The molecule has 0 bridgehead atoms. The highest BCUT2D eigenvalue weighted by Crippen LogP contribution is 2.47. The van der Waals surface area contributed by atoms with Gasteiger partial charge in [-0.25, -0.2) is 0 Å². The Morgan fingerprint density at radius 2 is 1.00 bits per heavy atom. The second kappa shape index (κ2) is 11.7. The fraction of sp³-hybridized carbons (Fsp3) is 0. The summed E-state index contributed by atoms with van der Waals surface area (Å²) in [6.07, 6.45) is 0. The van der Waals surface area contributed by atoms with Gasteiger partial charge in [-0.2, -0.15) is 0 Å².